The van der Waals surface area contributed by atoms with Gasteiger partial charge in [-0.25, -0.2) is 0 Å². The molecule has 0 fully saturated rings. The van der Waals surface area contributed by atoms with Crippen molar-refractivity contribution in [3.8, 4) is 11.5 Å². The largest absolute Gasteiger partial charge is 0.496 e. The molecule has 7 heteroatoms. The van der Waals surface area contributed by atoms with E-state index in [1.807, 2.05) is 18.2 Å². The number of hydrazone groups is 1. The van der Waals surface area contributed by atoms with Crippen LogP contribution in [0.25, 0.3) is 0 Å². The molecule has 0 radical (unpaired) electrons. The highest BCUT2D eigenvalue weighted by atomic mass is 35.5. The maximum Gasteiger partial charge on any atom is 0.139 e. The van der Waals surface area contributed by atoms with Crippen LogP contribution in [0.3, 0.4) is 0 Å². The van der Waals surface area contributed by atoms with E-state index in [1.54, 1.807) is 13.2 Å². The van der Waals surface area contributed by atoms with Gasteiger partial charge in [0.25, 0.3) is 0 Å². The van der Waals surface area contributed by atoms with Gasteiger partial charge in [0, 0.05) is 11.6 Å². The lowest BCUT2D eigenvalue weighted by atomic mass is 10.1. The van der Waals surface area contributed by atoms with Crippen molar-refractivity contribution >= 4 is 41.0 Å². The molecule has 116 valence electrons. The molecule has 0 heterocycles. The average Bonchev–Trinajstić information content (AvgIpc) is 2.50. The highest BCUT2D eigenvalue weighted by Crippen LogP contribution is 2.34. The van der Waals surface area contributed by atoms with Crippen LogP contribution >= 0.6 is 34.8 Å². The molecule has 2 N–H and O–H groups in total. The standard InChI is InChI=1S/C15H13Cl3N2O2/c1-21-14-3-2-9(7-20-19)4-10(14)8-22-15-6-12(17)11(16)5-13(15)18/h2-7H,8,19H2,1H3. The van der Waals surface area contributed by atoms with Gasteiger partial charge in [-0.15, -0.1) is 0 Å². The summed E-state index contributed by atoms with van der Waals surface area (Å²) in [5.74, 6) is 6.29. The van der Waals surface area contributed by atoms with Crippen LogP contribution in [-0.2, 0) is 6.61 Å². The third-order valence-corrected chi connectivity index (χ3v) is 3.90. The van der Waals surface area contributed by atoms with E-state index in [0.717, 1.165) is 11.1 Å². The molecular formula is C15H13Cl3N2O2. The van der Waals surface area contributed by atoms with Crippen LogP contribution < -0.4 is 15.3 Å². The normalized spacial score (nSPS) is 10.9. The van der Waals surface area contributed by atoms with Gasteiger partial charge in [0.15, 0.2) is 0 Å². The van der Waals surface area contributed by atoms with Crippen LogP contribution in [-0.4, -0.2) is 13.3 Å². The number of methoxy groups -OCH3 is 1. The molecule has 0 bridgehead atoms. The molecule has 0 aliphatic rings. The van der Waals surface area contributed by atoms with E-state index in [9.17, 15) is 0 Å². The second kappa shape index (κ2) is 7.58. The lowest BCUT2D eigenvalue weighted by molar-refractivity contribution is 0.297. The summed E-state index contributed by atoms with van der Waals surface area (Å²) in [6, 6.07) is 8.62. The number of nitrogens with two attached hydrogens (primary N) is 1. The highest BCUT2D eigenvalue weighted by molar-refractivity contribution is 6.43. The van der Waals surface area contributed by atoms with Crippen molar-refractivity contribution in [2.75, 3.05) is 7.11 Å². The molecule has 0 aliphatic carbocycles. The molecule has 2 aromatic rings. The molecule has 2 aromatic carbocycles. The predicted octanol–water partition coefficient (Wildman–Crippen LogP) is 4.53. The third kappa shape index (κ3) is 3.97. The minimum Gasteiger partial charge on any atom is -0.496 e. The van der Waals surface area contributed by atoms with Gasteiger partial charge < -0.3 is 15.3 Å². The molecule has 0 aliphatic heterocycles. The first-order valence-electron chi connectivity index (χ1n) is 6.22. The van der Waals surface area contributed by atoms with Crippen LogP contribution in [0, 0.1) is 0 Å². The summed E-state index contributed by atoms with van der Waals surface area (Å²) >= 11 is 17.9. The smallest absolute Gasteiger partial charge is 0.139 e. The summed E-state index contributed by atoms with van der Waals surface area (Å²) in [7, 11) is 1.58. The van der Waals surface area contributed by atoms with E-state index in [2.05, 4.69) is 5.10 Å². The van der Waals surface area contributed by atoms with Crippen LogP contribution in [0.5, 0.6) is 11.5 Å². The monoisotopic (exact) mass is 358 g/mol. The van der Waals surface area contributed by atoms with E-state index < -0.39 is 0 Å². The van der Waals surface area contributed by atoms with Gasteiger partial charge in [0.2, 0.25) is 0 Å². The number of hydrogen-bond acceptors (Lipinski definition) is 4. The van der Waals surface area contributed by atoms with Gasteiger partial charge in [0.1, 0.15) is 18.1 Å². The van der Waals surface area contributed by atoms with Crippen molar-refractivity contribution in [2.24, 2.45) is 10.9 Å². The Bertz CT molecular complexity index is 705. The van der Waals surface area contributed by atoms with Crippen molar-refractivity contribution < 1.29 is 9.47 Å². The van der Waals surface area contributed by atoms with Crippen molar-refractivity contribution in [2.45, 2.75) is 6.61 Å². The summed E-state index contributed by atoms with van der Waals surface area (Å²) in [4.78, 5) is 0. The Morgan fingerprint density at radius 1 is 1.05 bits per heavy atom. The van der Waals surface area contributed by atoms with Gasteiger partial charge in [0.05, 0.1) is 28.4 Å². The number of ether oxygens (including phenoxy) is 2. The number of hydrogen-bond donors (Lipinski definition) is 1. The van der Waals surface area contributed by atoms with Crippen molar-refractivity contribution in [1.82, 2.24) is 0 Å². The quantitative estimate of drug-likeness (QED) is 0.369. The van der Waals surface area contributed by atoms with Gasteiger partial charge in [-0.3, -0.25) is 0 Å². The number of rotatable bonds is 5. The second-order valence-corrected chi connectivity index (χ2v) is 5.56. The minimum atomic E-state index is 0.243. The lowest BCUT2D eigenvalue weighted by Gasteiger charge is -2.12. The van der Waals surface area contributed by atoms with Crippen molar-refractivity contribution in [3.63, 3.8) is 0 Å². The fourth-order valence-electron chi connectivity index (χ4n) is 1.85. The highest BCUT2D eigenvalue weighted by Gasteiger charge is 2.10. The average molecular weight is 360 g/mol. The Labute approximate surface area is 143 Å². The summed E-state index contributed by atoms with van der Waals surface area (Å²) in [6.07, 6.45) is 1.54. The van der Waals surface area contributed by atoms with E-state index in [1.165, 1.54) is 12.3 Å². The van der Waals surface area contributed by atoms with Crippen LogP contribution in [0.1, 0.15) is 11.1 Å². The Morgan fingerprint density at radius 3 is 2.45 bits per heavy atom. The summed E-state index contributed by atoms with van der Waals surface area (Å²) < 4.78 is 11.0. The van der Waals surface area contributed by atoms with E-state index in [0.29, 0.717) is 26.6 Å². The van der Waals surface area contributed by atoms with Gasteiger partial charge in [-0.05, 0) is 29.8 Å². The van der Waals surface area contributed by atoms with Crippen LogP contribution in [0.15, 0.2) is 35.4 Å². The zero-order valence-electron chi connectivity index (χ0n) is 11.6. The molecule has 4 nitrogen and oxygen atoms in total. The fourth-order valence-corrected chi connectivity index (χ4v) is 2.44. The molecule has 22 heavy (non-hydrogen) atoms. The molecule has 2 rings (SSSR count). The van der Waals surface area contributed by atoms with Gasteiger partial charge >= 0.3 is 0 Å². The van der Waals surface area contributed by atoms with Crippen LogP contribution in [0.2, 0.25) is 15.1 Å². The van der Waals surface area contributed by atoms with Crippen molar-refractivity contribution in [3.05, 3.63) is 56.5 Å². The topological polar surface area (TPSA) is 56.8 Å². The number of nitrogens with zero attached hydrogens (tertiary/aromatic N) is 1. The first-order chi connectivity index (χ1) is 10.5. The molecule has 0 unspecified atom stereocenters. The number of halogens is 3. The zero-order valence-corrected chi connectivity index (χ0v) is 13.9. The Kier molecular flexibility index (Phi) is 5.77. The summed E-state index contributed by atoms with van der Waals surface area (Å²) in [5, 5.41) is 4.62. The summed E-state index contributed by atoms with van der Waals surface area (Å²) in [5.41, 5.74) is 1.66. The minimum absolute atomic E-state index is 0.243. The van der Waals surface area contributed by atoms with Gasteiger partial charge in [-0.2, -0.15) is 5.10 Å². The zero-order chi connectivity index (χ0) is 16.1. The molecule has 0 saturated heterocycles. The second-order valence-electron chi connectivity index (χ2n) is 4.33. The molecule has 0 saturated carbocycles. The molecule has 0 spiro atoms. The Morgan fingerprint density at radius 2 is 1.77 bits per heavy atom. The SMILES string of the molecule is COc1ccc(C=NN)cc1COc1cc(Cl)c(Cl)cc1Cl. The first kappa shape index (κ1) is 16.7. The van der Waals surface area contributed by atoms with E-state index in [-0.39, 0.29) is 6.61 Å². The van der Waals surface area contributed by atoms with E-state index >= 15 is 0 Å². The molecule has 0 aromatic heterocycles. The molecular weight excluding hydrogens is 347 g/mol. The van der Waals surface area contributed by atoms with E-state index in [4.69, 9.17) is 50.1 Å². The third-order valence-electron chi connectivity index (χ3n) is 2.89. The maximum absolute atomic E-state index is 6.09. The molecule has 0 atom stereocenters. The fraction of sp³-hybridized carbons (Fsp3) is 0.133. The summed E-state index contributed by atoms with van der Waals surface area (Å²) in [6.45, 7) is 0.243. The molecule has 0 amide bonds. The Balaban J connectivity index is 2.24. The first-order valence-corrected chi connectivity index (χ1v) is 7.36. The predicted molar refractivity (Wildman–Crippen MR) is 90.6 cm³/mol. The number of benzene rings is 2. The maximum atomic E-state index is 6.09. The Hall–Kier alpha value is -1.62. The van der Waals surface area contributed by atoms with Crippen LogP contribution in [0.4, 0.5) is 0 Å². The lowest BCUT2D eigenvalue weighted by Crippen LogP contribution is -2.01. The van der Waals surface area contributed by atoms with Gasteiger partial charge in [-0.1, -0.05) is 34.8 Å². The van der Waals surface area contributed by atoms with Crippen molar-refractivity contribution in [1.29, 1.82) is 0 Å².